The summed E-state index contributed by atoms with van der Waals surface area (Å²) in [5.41, 5.74) is 2.96. The Labute approximate surface area is 196 Å². The molecule has 6 nitrogen and oxygen atoms in total. The molecule has 0 amide bonds. The number of nitrogens with zero attached hydrogens (tertiary/aromatic N) is 5. The molecule has 7 heteroatoms. The number of fused-ring (bicyclic) bond motifs is 2. The van der Waals surface area contributed by atoms with Gasteiger partial charge in [0.05, 0.1) is 11.1 Å². The third-order valence-corrected chi connectivity index (χ3v) is 6.38. The van der Waals surface area contributed by atoms with Gasteiger partial charge in [-0.3, -0.25) is 0 Å². The van der Waals surface area contributed by atoms with Gasteiger partial charge in [0.15, 0.2) is 5.65 Å². The lowest BCUT2D eigenvalue weighted by molar-refractivity contribution is 0.289. The molecule has 0 saturated heterocycles. The van der Waals surface area contributed by atoms with Crippen LogP contribution < -0.4 is 4.90 Å². The Morgan fingerprint density at radius 3 is 2.55 bits per heavy atom. The monoisotopic (exact) mass is 455 g/mol. The summed E-state index contributed by atoms with van der Waals surface area (Å²) >= 11 is 1.59. The molecule has 3 aromatic carbocycles. The van der Waals surface area contributed by atoms with E-state index < -0.39 is 0 Å². The molecule has 2 heterocycles. The second-order valence-electron chi connectivity index (χ2n) is 7.80. The van der Waals surface area contributed by atoms with Crippen LogP contribution in [-0.2, 0) is 6.54 Å². The van der Waals surface area contributed by atoms with E-state index >= 15 is 0 Å². The fourth-order valence-corrected chi connectivity index (χ4v) is 4.73. The largest absolute Gasteiger partial charge is 0.396 e. The highest BCUT2D eigenvalue weighted by Crippen LogP contribution is 2.35. The van der Waals surface area contributed by atoms with Gasteiger partial charge in [0, 0.05) is 25.1 Å². The highest BCUT2D eigenvalue weighted by molar-refractivity contribution is 7.98. The summed E-state index contributed by atoms with van der Waals surface area (Å²) in [4.78, 5) is 11.6. The van der Waals surface area contributed by atoms with Crippen molar-refractivity contribution in [2.24, 2.45) is 0 Å². The third kappa shape index (κ3) is 4.17. The van der Waals surface area contributed by atoms with E-state index in [2.05, 4.69) is 52.3 Å². The van der Waals surface area contributed by atoms with Crippen molar-refractivity contribution in [1.29, 1.82) is 0 Å². The van der Waals surface area contributed by atoms with Crippen LogP contribution in [0.1, 0.15) is 12.0 Å². The maximum Gasteiger partial charge on any atom is 0.169 e. The Bertz CT molecular complexity index is 1380. The number of hydrogen-bond acceptors (Lipinski definition) is 6. The summed E-state index contributed by atoms with van der Waals surface area (Å²) in [5.74, 6) is 0.841. The van der Waals surface area contributed by atoms with Gasteiger partial charge in [-0.05, 0) is 29.7 Å². The van der Waals surface area contributed by atoms with Crippen LogP contribution in [0.2, 0.25) is 0 Å². The Kier molecular flexibility index (Phi) is 6.24. The van der Waals surface area contributed by atoms with E-state index in [1.54, 1.807) is 18.1 Å². The fourth-order valence-electron chi connectivity index (χ4n) is 4.18. The predicted octanol–water partition coefficient (Wildman–Crippen LogP) is 5.08. The SMILES string of the molecule is CSc1nn(-c2cccc3ccccc23)c2ncnc(N(CCCO)Cc3ccccc3)c12. The summed E-state index contributed by atoms with van der Waals surface area (Å²) in [7, 11) is 0. The number of thioether (sulfide) groups is 1. The van der Waals surface area contributed by atoms with E-state index in [9.17, 15) is 5.11 Å². The molecule has 0 radical (unpaired) electrons. The molecular weight excluding hydrogens is 430 g/mol. The van der Waals surface area contributed by atoms with Crippen molar-refractivity contribution in [1.82, 2.24) is 19.7 Å². The summed E-state index contributed by atoms with van der Waals surface area (Å²) in [6.07, 6.45) is 4.30. The minimum atomic E-state index is 0.129. The topological polar surface area (TPSA) is 67.1 Å². The van der Waals surface area contributed by atoms with E-state index in [4.69, 9.17) is 10.1 Å². The van der Waals surface area contributed by atoms with Crippen LogP contribution >= 0.6 is 11.8 Å². The molecule has 0 aliphatic rings. The zero-order valence-corrected chi connectivity index (χ0v) is 19.2. The normalized spacial score (nSPS) is 11.3. The Morgan fingerprint density at radius 1 is 0.939 bits per heavy atom. The minimum absolute atomic E-state index is 0.129. The van der Waals surface area contributed by atoms with Crippen molar-refractivity contribution in [3.63, 3.8) is 0 Å². The van der Waals surface area contributed by atoms with Crippen LogP contribution in [0.15, 0.2) is 84.1 Å². The number of anilines is 1. The lowest BCUT2D eigenvalue weighted by atomic mass is 10.1. The van der Waals surface area contributed by atoms with E-state index in [-0.39, 0.29) is 6.61 Å². The molecule has 33 heavy (non-hydrogen) atoms. The average molecular weight is 456 g/mol. The minimum Gasteiger partial charge on any atom is -0.396 e. The molecule has 0 aliphatic carbocycles. The summed E-state index contributed by atoms with van der Waals surface area (Å²) in [6, 6.07) is 24.9. The number of hydrogen-bond donors (Lipinski definition) is 1. The van der Waals surface area contributed by atoms with Crippen LogP contribution in [0.25, 0.3) is 27.5 Å². The summed E-state index contributed by atoms with van der Waals surface area (Å²) < 4.78 is 1.93. The first-order valence-electron chi connectivity index (χ1n) is 11.0. The molecule has 5 rings (SSSR count). The quantitative estimate of drug-likeness (QED) is 0.329. The fraction of sp³-hybridized carbons (Fsp3) is 0.192. The number of aliphatic hydroxyl groups excluding tert-OH is 1. The molecular formula is C26H25N5OS. The molecule has 0 aliphatic heterocycles. The van der Waals surface area contributed by atoms with E-state index in [0.717, 1.165) is 38.3 Å². The molecule has 2 aromatic heterocycles. The van der Waals surface area contributed by atoms with Crippen molar-refractivity contribution in [2.75, 3.05) is 24.3 Å². The zero-order chi connectivity index (χ0) is 22.6. The molecule has 0 spiro atoms. The van der Waals surface area contributed by atoms with Crippen molar-refractivity contribution >= 4 is 39.4 Å². The van der Waals surface area contributed by atoms with Crippen molar-refractivity contribution in [2.45, 2.75) is 18.0 Å². The molecule has 5 aromatic rings. The first-order chi connectivity index (χ1) is 16.3. The maximum absolute atomic E-state index is 9.52. The van der Waals surface area contributed by atoms with Crippen LogP contribution in [0.4, 0.5) is 5.82 Å². The van der Waals surface area contributed by atoms with Gasteiger partial charge in [-0.25, -0.2) is 14.6 Å². The first-order valence-corrected chi connectivity index (χ1v) is 12.2. The standard InChI is InChI=1S/C26H25N5OS/c1-33-26-23-24(30(15-8-16-32)17-19-9-3-2-4-10-19)27-18-28-25(23)31(29-26)22-14-7-12-20-11-5-6-13-21(20)22/h2-7,9-14,18,32H,8,15-17H2,1H3. The lowest BCUT2D eigenvalue weighted by Gasteiger charge is -2.24. The number of benzene rings is 3. The number of rotatable bonds is 8. The van der Waals surface area contributed by atoms with Crippen LogP contribution in [0, 0.1) is 0 Å². The van der Waals surface area contributed by atoms with Gasteiger partial charge < -0.3 is 10.0 Å². The third-order valence-electron chi connectivity index (χ3n) is 5.70. The summed E-state index contributed by atoms with van der Waals surface area (Å²) in [5, 5.41) is 18.6. The van der Waals surface area contributed by atoms with Crippen molar-refractivity contribution in [3.8, 4) is 5.69 Å². The van der Waals surface area contributed by atoms with Crippen LogP contribution in [0.5, 0.6) is 0 Å². The molecule has 0 unspecified atom stereocenters. The zero-order valence-electron chi connectivity index (χ0n) is 18.4. The Morgan fingerprint density at radius 2 is 1.73 bits per heavy atom. The van der Waals surface area contributed by atoms with Crippen molar-refractivity contribution < 1.29 is 5.11 Å². The van der Waals surface area contributed by atoms with Gasteiger partial charge in [0.2, 0.25) is 0 Å². The van der Waals surface area contributed by atoms with Crippen LogP contribution in [0.3, 0.4) is 0 Å². The number of aliphatic hydroxyl groups is 1. The second kappa shape index (κ2) is 9.60. The second-order valence-corrected chi connectivity index (χ2v) is 8.59. The van der Waals surface area contributed by atoms with Crippen LogP contribution in [-0.4, -0.2) is 44.3 Å². The molecule has 1 N–H and O–H groups in total. The average Bonchev–Trinajstić information content (AvgIpc) is 3.26. The van der Waals surface area contributed by atoms with Gasteiger partial charge in [0.1, 0.15) is 17.2 Å². The molecule has 166 valence electrons. The van der Waals surface area contributed by atoms with Gasteiger partial charge >= 0.3 is 0 Å². The predicted molar refractivity (Wildman–Crippen MR) is 135 cm³/mol. The van der Waals surface area contributed by atoms with Crippen molar-refractivity contribution in [3.05, 3.63) is 84.7 Å². The highest BCUT2D eigenvalue weighted by atomic mass is 32.2. The Hall–Kier alpha value is -3.42. The molecule has 0 saturated carbocycles. The smallest absolute Gasteiger partial charge is 0.169 e. The van der Waals surface area contributed by atoms with E-state index in [1.807, 2.05) is 41.3 Å². The van der Waals surface area contributed by atoms with E-state index in [1.165, 1.54) is 5.56 Å². The van der Waals surface area contributed by atoms with Gasteiger partial charge in [-0.15, -0.1) is 11.8 Å². The molecule has 0 fully saturated rings. The number of aromatic nitrogens is 4. The Balaban J connectivity index is 1.68. The van der Waals surface area contributed by atoms with E-state index in [0.29, 0.717) is 19.5 Å². The van der Waals surface area contributed by atoms with Gasteiger partial charge in [0.25, 0.3) is 0 Å². The van der Waals surface area contributed by atoms with Gasteiger partial charge in [-0.1, -0.05) is 66.7 Å². The maximum atomic E-state index is 9.52. The molecule has 0 atom stereocenters. The highest BCUT2D eigenvalue weighted by Gasteiger charge is 2.22. The first kappa shape index (κ1) is 21.4. The molecule has 0 bridgehead atoms. The lowest BCUT2D eigenvalue weighted by Crippen LogP contribution is -2.26. The summed E-state index contributed by atoms with van der Waals surface area (Å²) in [6.45, 7) is 1.51. The van der Waals surface area contributed by atoms with Gasteiger partial charge in [-0.2, -0.15) is 5.10 Å².